The maximum absolute atomic E-state index is 13.3. The summed E-state index contributed by atoms with van der Waals surface area (Å²) in [5.41, 5.74) is -2.11. The van der Waals surface area contributed by atoms with Crippen molar-refractivity contribution in [2.75, 3.05) is 11.9 Å². The molecule has 11 heteroatoms. The Kier molecular flexibility index (Phi) is 5.87. The summed E-state index contributed by atoms with van der Waals surface area (Å²) in [5, 5.41) is 9.56. The number of nitrogens with zero attached hydrogens (tertiary/aromatic N) is 3. The number of carbonyl (C=O) groups excluding carboxylic acids is 1. The minimum atomic E-state index is -4.63. The standard InChI is InChI=1S/C24H20F3N3O5/c1-13-15(4-3-5-18(13)24(25,26)27)11-30-21(32)17(22(33)34)12-29(23(30)35)16-7-8-19-14(10-16)6-9-20(31)28(19)2/h3-5,7-8,10,12H,6,9,11H2,1-2H3,(H,33,34). The van der Waals surface area contributed by atoms with Gasteiger partial charge in [0, 0.05) is 25.4 Å². The molecule has 0 radical (unpaired) electrons. The van der Waals surface area contributed by atoms with E-state index in [2.05, 4.69) is 0 Å². The molecule has 0 aliphatic carbocycles. The lowest BCUT2D eigenvalue weighted by atomic mass is 10.0. The van der Waals surface area contributed by atoms with Gasteiger partial charge in [0.1, 0.15) is 5.56 Å². The molecule has 8 nitrogen and oxygen atoms in total. The minimum Gasteiger partial charge on any atom is -0.477 e. The van der Waals surface area contributed by atoms with Crippen LogP contribution in [0.5, 0.6) is 0 Å². The normalized spacial score (nSPS) is 13.6. The average Bonchev–Trinajstić information content (AvgIpc) is 2.79. The highest BCUT2D eigenvalue weighted by atomic mass is 19.4. The summed E-state index contributed by atoms with van der Waals surface area (Å²) in [6.45, 7) is 0.681. The van der Waals surface area contributed by atoms with E-state index >= 15 is 0 Å². The van der Waals surface area contributed by atoms with Crippen LogP contribution in [0, 0.1) is 6.92 Å². The van der Waals surface area contributed by atoms with E-state index in [4.69, 9.17) is 0 Å². The van der Waals surface area contributed by atoms with Gasteiger partial charge in [0.2, 0.25) is 5.91 Å². The van der Waals surface area contributed by atoms with E-state index in [1.54, 1.807) is 19.2 Å². The number of aromatic carboxylic acids is 1. The third kappa shape index (κ3) is 4.25. The van der Waals surface area contributed by atoms with Crippen molar-refractivity contribution in [1.29, 1.82) is 0 Å². The van der Waals surface area contributed by atoms with Gasteiger partial charge in [0.05, 0.1) is 17.8 Å². The quantitative estimate of drug-likeness (QED) is 0.610. The molecular formula is C24H20F3N3O5. The lowest BCUT2D eigenvalue weighted by molar-refractivity contribution is -0.138. The van der Waals surface area contributed by atoms with Crippen LogP contribution in [0.3, 0.4) is 0 Å². The number of alkyl halides is 3. The second-order valence-electron chi connectivity index (χ2n) is 8.25. The van der Waals surface area contributed by atoms with Crippen LogP contribution in [-0.2, 0) is 23.9 Å². The van der Waals surface area contributed by atoms with E-state index in [1.165, 1.54) is 24.0 Å². The van der Waals surface area contributed by atoms with Gasteiger partial charge in [-0.2, -0.15) is 13.2 Å². The molecule has 35 heavy (non-hydrogen) atoms. The first kappa shape index (κ1) is 24.0. The molecule has 1 N–H and O–H groups in total. The number of amides is 1. The van der Waals surface area contributed by atoms with Crippen molar-refractivity contribution >= 4 is 17.6 Å². The Morgan fingerprint density at radius 2 is 1.80 bits per heavy atom. The Hall–Kier alpha value is -4.15. The molecule has 4 rings (SSSR count). The lowest BCUT2D eigenvalue weighted by Gasteiger charge is -2.26. The van der Waals surface area contributed by atoms with Crippen LogP contribution in [0.4, 0.5) is 18.9 Å². The number of aryl methyl sites for hydroxylation is 1. The van der Waals surface area contributed by atoms with Crippen molar-refractivity contribution in [3.05, 3.63) is 91.3 Å². The Morgan fingerprint density at radius 1 is 1.09 bits per heavy atom. The molecule has 0 bridgehead atoms. The summed E-state index contributed by atoms with van der Waals surface area (Å²) >= 11 is 0. The predicted molar refractivity (Wildman–Crippen MR) is 120 cm³/mol. The maximum atomic E-state index is 13.3. The molecule has 0 unspecified atom stereocenters. The smallest absolute Gasteiger partial charge is 0.416 e. The highest BCUT2D eigenvalue weighted by Gasteiger charge is 2.33. The Morgan fingerprint density at radius 3 is 2.46 bits per heavy atom. The molecule has 0 saturated carbocycles. The van der Waals surface area contributed by atoms with E-state index in [0.717, 1.165) is 28.5 Å². The molecule has 0 atom stereocenters. The average molecular weight is 487 g/mol. The van der Waals surface area contributed by atoms with Crippen molar-refractivity contribution in [2.24, 2.45) is 0 Å². The Bertz CT molecular complexity index is 1490. The van der Waals surface area contributed by atoms with Crippen molar-refractivity contribution in [3.8, 4) is 5.69 Å². The number of rotatable bonds is 4. The van der Waals surface area contributed by atoms with Crippen molar-refractivity contribution in [3.63, 3.8) is 0 Å². The number of benzene rings is 2. The minimum absolute atomic E-state index is 0.0543. The Balaban J connectivity index is 1.89. The number of hydrogen-bond acceptors (Lipinski definition) is 4. The molecule has 182 valence electrons. The second-order valence-corrected chi connectivity index (χ2v) is 8.25. The SMILES string of the molecule is Cc1c(Cn2c(=O)c(C(=O)O)cn(-c3ccc4c(c3)CCC(=O)N4C)c2=O)cccc1C(F)(F)F. The predicted octanol–water partition coefficient (Wildman–Crippen LogP) is 2.98. The molecule has 1 aromatic heterocycles. The van der Waals surface area contributed by atoms with Gasteiger partial charge < -0.3 is 10.0 Å². The fourth-order valence-corrected chi connectivity index (χ4v) is 4.20. The van der Waals surface area contributed by atoms with Gasteiger partial charge in [0.25, 0.3) is 5.56 Å². The molecule has 1 aliphatic heterocycles. The molecule has 0 saturated heterocycles. The first-order valence-corrected chi connectivity index (χ1v) is 10.6. The number of hydrogen-bond donors (Lipinski definition) is 1. The van der Waals surface area contributed by atoms with E-state index in [0.29, 0.717) is 16.7 Å². The van der Waals surface area contributed by atoms with Gasteiger partial charge in [-0.3, -0.25) is 18.7 Å². The first-order valence-electron chi connectivity index (χ1n) is 10.6. The molecule has 2 heterocycles. The molecule has 1 amide bonds. The van der Waals surface area contributed by atoms with E-state index < -0.39 is 41.1 Å². The van der Waals surface area contributed by atoms with Crippen molar-refractivity contribution in [2.45, 2.75) is 32.5 Å². The number of fused-ring (bicyclic) bond motifs is 1. The zero-order valence-electron chi connectivity index (χ0n) is 18.7. The highest BCUT2D eigenvalue weighted by Crippen LogP contribution is 2.33. The summed E-state index contributed by atoms with van der Waals surface area (Å²) in [6.07, 6.45) is -3.06. The molecular weight excluding hydrogens is 467 g/mol. The van der Waals surface area contributed by atoms with Crippen molar-refractivity contribution in [1.82, 2.24) is 9.13 Å². The monoisotopic (exact) mass is 487 g/mol. The molecule has 0 fully saturated rings. The van der Waals surface area contributed by atoms with Gasteiger partial charge in [-0.1, -0.05) is 12.1 Å². The second kappa shape index (κ2) is 8.57. The number of halogens is 3. The van der Waals surface area contributed by atoms with Crippen LogP contribution in [0.25, 0.3) is 5.69 Å². The summed E-state index contributed by atoms with van der Waals surface area (Å²) < 4.78 is 41.6. The maximum Gasteiger partial charge on any atom is 0.416 e. The number of carboxylic acid groups (broad SMARTS) is 1. The third-order valence-electron chi connectivity index (χ3n) is 6.17. The van der Waals surface area contributed by atoms with E-state index in [-0.39, 0.29) is 29.1 Å². The fourth-order valence-electron chi connectivity index (χ4n) is 4.20. The largest absolute Gasteiger partial charge is 0.477 e. The number of carbonyl (C=O) groups is 2. The van der Waals surface area contributed by atoms with E-state index in [1.807, 2.05) is 0 Å². The third-order valence-corrected chi connectivity index (χ3v) is 6.17. The van der Waals surface area contributed by atoms with Crippen LogP contribution in [0.15, 0.2) is 52.2 Å². The fraction of sp³-hybridized carbons (Fsp3) is 0.250. The zero-order valence-corrected chi connectivity index (χ0v) is 18.7. The van der Waals surface area contributed by atoms with Crippen molar-refractivity contribution < 1.29 is 27.9 Å². The van der Waals surface area contributed by atoms with Gasteiger partial charge in [-0.25, -0.2) is 9.59 Å². The van der Waals surface area contributed by atoms with Gasteiger partial charge in [0.15, 0.2) is 0 Å². The number of aromatic nitrogens is 2. The van der Waals surface area contributed by atoms with Crippen LogP contribution in [-0.4, -0.2) is 33.2 Å². The number of carboxylic acids is 1. The first-order chi connectivity index (χ1) is 16.4. The highest BCUT2D eigenvalue weighted by molar-refractivity contribution is 5.96. The zero-order chi connectivity index (χ0) is 25.7. The van der Waals surface area contributed by atoms with Gasteiger partial charge in [-0.15, -0.1) is 0 Å². The molecule has 1 aliphatic rings. The van der Waals surface area contributed by atoms with Gasteiger partial charge >= 0.3 is 17.8 Å². The van der Waals surface area contributed by atoms with Crippen LogP contribution < -0.4 is 16.1 Å². The van der Waals surface area contributed by atoms with Crippen LogP contribution in [0.2, 0.25) is 0 Å². The topological polar surface area (TPSA) is 102 Å². The summed E-state index contributed by atoms with van der Waals surface area (Å²) in [6, 6.07) is 8.14. The van der Waals surface area contributed by atoms with Crippen LogP contribution >= 0.6 is 0 Å². The molecule has 3 aromatic rings. The van der Waals surface area contributed by atoms with E-state index in [9.17, 15) is 37.5 Å². The van der Waals surface area contributed by atoms with Crippen LogP contribution in [0.1, 0.15) is 39.0 Å². The van der Waals surface area contributed by atoms with Gasteiger partial charge in [-0.05, 0) is 54.3 Å². The molecule has 2 aromatic carbocycles. The Labute approximate surface area is 196 Å². The lowest BCUT2D eigenvalue weighted by Crippen LogP contribution is -2.42. The molecule has 0 spiro atoms. The summed E-state index contributed by atoms with van der Waals surface area (Å²) in [5.74, 6) is -1.65. The summed E-state index contributed by atoms with van der Waals surface area (Å²) in [7, 11) is 1.62. The summed E-state index contributed by atoms with van der Waals surface area (Å²) in [4.78, 5) is 51.3. The number of anilines is 1.